The average Bonchev–Trinajstić information content (AvgIpc) is 3.08. The van der Waals surface area contributed by atoms with Crippen LogP contribution in [0, 0.1) is 17.2 Å². The SMILES string of the molecule is CC1CCc2c(C(=O)OCC(=O)N(C)C3(C#N)CCCCC3)csc2C1. The predicted octanol–water partition coefficient (Wildman–Crippen LogP) is 3.71. The van der Waals surface area contributed by atoms with E-state index in [4.69, 9.17) is 4.74 Å². The van der Waals surface area contributed by atoms with Gasteiger partial charge in [0, 0.05) is 17.3 Å². The minimum absolute atomic E-state index is 0.306. The lowest BCUT2D eigenvalue weighted by Gasteiger charge is -2.38. The molecule has 1 aromatic heterocycles. The fourth-order valence-electron chi connectivity index (χ4n) is 4.05. The van der Waals surface area contributed by atoms with Gasteiger partial charge in [-0.05, 0) is 43.6 Å². The molecule has 3 rings (SSSR count). The summed E-state index contributed by atoms with van der Waals surface area (Å²) in [6.45, 7) is 1.92. The minimum Gasteiger partial charge on any atom is -0.452 e. The Balaban J connectivity index is 1.61. The van der Waals surface area contributed by atoms with E-state index in [9.17, 15) is 14.9 Å². The molecule has 0 aromatic carbocycles. The number of thiophene rings is 1. The standard InChI is InChI=1S/C20H26N2O3S/c1-14-6-7-15-16(12-26-17(15)10-14)19(24)25-11-18(23)22(2)20(13-21)8-4-3-5-9-20/h12,14H,3-11H2,1-2H3. The largest absolute Gasteiger partial charge is 0.452 e. The number of likely N-dealkylation sites (N-methyl/N-ethyl adjacent to an activating group) is 1. The zero-order valence-electron chi connectivity index (χ0n) is 15.5. The smallest absolute Gasteiger partial charge is 0.339 e. The van der Waals surface area contributed by atoms with E-state index in [0.29, 0.717) is 24.3 Å². The molecular formula is C20H26N2O3S. The summed E-state index contributed by atoms with van der Waals surface area (Å²) in [5.74, 6) is -0.0779. The number of hydrogen-bond donors (Lipinski definition) is 0. The molecule has 2 aliphatic carbocycles. The van der Waals surface area contributed by atoms with Gasteiger partial charge in [0.15, 0.2) is 6.61 Å². The molecule has 26 heavy (non-hydrogen) atoms. The van der Waals surface area contributed by atoms with Crippen LogP contribution in [0.15, 0.2) is 5.38 Å². The topological polar surface area (TPSA) is 70.4 Å². The molecule has 1 amide bonds. The molecule has 0 bridgehead atoms. The summed E-state index contributed by atoms with van der Waals surface area (Å²) in [6, 6.07) is 2.32. The zero-order valence-corrected chi connectivity index (χ0v) is 16.4. The van der Waals surface area contributed by atoms with Gasteiger partial charge in [-0.2, -0.15) is 5.26 Å². The van der Waals surface area contributed by atoms with Crippen LogP contribution in [-0.4, -0.2) is 36.0 Å². The Hall–Kier alpha value is -1.87. The second-order valence-corrected chi connectivity index (χ2v) is 8.60. The van der Waals surface area contributed by atoms with E-state index in [0.717, 1.165) is 44.1 Å². The maximum absolute atomic E-state index is 12.5. The fourth-order valence-corrected chi connectivity index (χ4v) is 5.28. The van der Waals surface area contributed by atoms with E-state index < -0.39 is 11.5 Å². The first-order valence-corrected chi connectivity index (χ1v) is 10.3. The predicted molar refractivity (Wildman–Crippen MR) is 100.0 cm³/mol. The Morgan fingerprint density at radius 3 is 2.81 bits per heavy atom. The van der Waals surface area contributed by atoms with E-state index in [-0.39, 0.29) is 12.5 Å². The first kappa shape index (κ1) is 18.9. The van der Waals surface area contributed by atoms with Crippen LogP contribution in [0.4, 0.5) is 0 Å². The third kappa shape index (κ3) is 3.64. The summed E-state index contributed by atoms with van der Waals surface area (Å²) < 4.78 is 5.31. The number of rotatable bonds is 4. The summed E-state index contributed by atoms with van der Waals surface area (Å²) >= 11 is 1.61. The van der Waals surface area contributed by atoms with Gasteiger partial charge in [-0.15, -0.1) is 11.3 Å². The van der Waals surface area contributed by atoms with Crippen LogP contribution in [0.3, 0.4) is 0 Å². The minimum atomic E-state index is -0.751. The molecule has 140 valence electrons. The lowest BCUT2D eigenvalue weighted by molar-refractivity contribution is -0.138. The summed E-state index contributed by atoms with van der Waals surface area (Å²) in [4.78, 5) is 27.7. The molecule has 1 aromatic rings. The van der Waals surface area contributed by atoms with Crippen LogP contribution in [-0.2, 0) is 22.4 Å². The van der Waals surface area contributed by atoms with Crippen molar-refractivity contribution in [3.8, 4) is 6.07 Å². The van der Waals surface area contributed by atoms with Gasteiger partial charge in [0.25, 0.3) is 5.91 Å². The molecule has 6 heteroatoms. The first-order chi connectivity index (χ1) is 12.5. The number of carbonyl (C=O) groups excluding carboxylic acids is 2. The van der Waals surface area contributed by atoms with E-state index in [2.05, 4.69) is 13.0 Å². The normalized spacial score (nSPS) is 21.3. The Kier molecular flexibility index (Phi) is 5.67. The van der Waals surface area contributed by atoms with Gasteiger partial charge in [-0.3, -0.25) is 4.79 Å². The molecule has 5 nitrogen and oxygen atoms in total. The first-order valence-electron chi connectivity index (χ1n) is 9.41. The van der Waals surface area contributed by atoms with Gasteiger partial charge >= 0.3 is 5.97 Å². The lowest BCUT2D eigenvalue weighted by atomic mass is 9.81. The van der Waals surface area contributed by atoms with Crippen LogP contribution in [0.1, 0.15) is 66.2 Å². The zero-order chi connectivity index (χ0) is 18.7. The van der Waals surface area contributed by atoms with Crippen LogP contribution < -0.4 is 0 Å². The lowest BCUT2D eigenvalue weighted by Crippen LogP contribution is -2.51. The van der Waals surface area contributed by atoms with Crippen molar-refractivity contribution in [2.24, 2.45) is 5.92 Å². The average molecular weight is 375 g/mol. The van der Waals surface area contributed by atoms with E-state index in [1.165, 1.54) is 9.78 Å². The number of nitriles is 1. The van der Waals surface area contributed by atoms with Crippen molar-refractivity contribution >= 4 is 23.2 Å². The van der Waals surface area contributed by atoms with Gasteiger partial charge in [0.1, 0.15) is 5.54 Å². The van der Waals surface area contributed by atoms with Crippen molar-refractivity contribution in [2.45, 2.75) is 63.8 Å². The van der Waals surface area contributed by atoms with Crippen molar-refractivity contribution in [1.82, 2.24) is 4.90 Å². The van der Waals surface area contributed by atoms with Gasteiger partial charge in [-0.25, -0.2) is 4.79 Å². The van der Waals surface area contributed by atoms with Gasteiger partial charge in [-0.1, -0.05) is 26.2 Å². The second kappa shape index (κ2) is 7.79. The number of fused-ring (bicyclic) bond motifs is 1. The number of amides is 1. The third-order valence-electron chi connectivity index (χ3n) is 5.85. The number of nitrogens with zero attached hydrogens (tertiary/aromatic N) is 2. The highest BCUT2D eigenvalue weighted by Crippen LogP contribution is 2.34. The molecule has 0 aliphatic heterocycles. The quantitative estimate of drug-likeness (QED) is 0.753. The van der Waals surface area contributed by atoms with Crippen molar-refractivity contribution in [3.63, 3.8) is 0 Å². The molecule has 1 saturated carbocycles. The summed E-state index contributed by atoms with van der Waals surface area (Å²) in [5.41, 5.74) is 0.957. The summed E-state index contributed by atoms with van der Waals surface area (Å²) in [5, 5.41) is 11.5. The molecule has 0 spiro atoms. The Morgan fingerprint density at radius 1 is 1.38 bits per heavy atom. The molecule has 0 radical (unpaired) electrons. The van der Waals surface area contributed by atoms with Gasteiger partial charge in [0.2, 0.25) is 0 Å². The van der Waals surface area contributed by atoms with Crippen LogP contribution in [0.5, 0.6) is 0 Å². The number of hydrogen-bond acceptors (Lipinski definition) is 5. The Bertz CT molecular complexity index is 728. The molecule has 0 N–H and O–H groups in total. The van der Waals surface area contributed by atoms with Gasteiger partial charge in [0.05, 0.1) is 11.6 Å². The molecule has 1 heterocycles. The van der Waals surface area contributed by atoms with Crippen LogP contribution >= 0.6 is 11.3 Å². The van der Waals surface area contributed by atoms with Crippen molar-refractivity contribution in [1.29, 1.82) is 5.26 Å². The highest BCUT2D eigenvalue weighted by molar-refractivity contribution is 7.10. The Morgan fingerprint density at radius 2 is 2.12 bits per heavy atom. The monoisotopic (exact) mass is 374 g/mol. The number of carbonyl (C=O) groups is 2. The van der Waals surface area contributed by atoms with E-state index in [1.807, 2.05) is 5.38 Å². The van der Waals surface area contributed by atoms with Crippen LogP contribution in [0.2, 0.25) is 0 Å². The molecule has 1 atom stereocenters. The summed E-state index contributed by atoms with van der Waals surface area (Å²) in [6.07, 6.45) is 7.37. The third-order valence-corrected chi connectivity index (χ3v) is 6.90. The summed E-state index contributed by atoms with van der Waals surface area (Å²) in [7, 11) is 1.65. The van der Waals surface area contributed by atoms with Crippen molar-refractivity contribution in [3.05, 3.63) is 21.4 Å². The molecule has 0 saturated heterocycles. The van der Waals surface area contributed by atoms with E-state index in [1.54, 1.807) is 18.4 Å². The van der Waals surface area contributed by atoms with Crippen molar-refractivity contribution in [2.75, 3.05) is 13.7 Å². The van der Waals surface area contributed by atoms with Gasteiger partial charge < -0.3 is 9.64 Å². The maximum Gasteiger partial charge on any atom is 0.339 e. The highest BCUT2D eigenvalue weighted by atomic mass is 32.1. The highest BCUT2D eigenvalue weighted by Gasteiger charge is 2.39. The molecule has 1 fully saturated rings. The number of esters is 1. The second-order valence-electron chi connectivity index (χ2n) is 7.63. The molecule has 1 unspecified atom stereocenters. The van der Waals surface area contributed by atoms with Crippen LogP contribution in [0.25, 0.3) is 0 Å². The fraction of sp³-hybridized carbons (Fsp3) is 0.650. The number of ether oxygens (including phenoxy) is 1. The van der Waals surface area contributed by atoms with E-state index >= 15 is 0 Å². The molecule has 2 aliphatic rings. The van der Waals surface area contributed by atoms with Crippen molar-refractivity contribution < 1.29 is 14.3 Å². The maximum atomic E-state index is 12.5. The Labute approximate surface area is 158 Å². The molecular weight excluding hydrogens is 348 g/mol.